The lowest BCUT2D eigenvalue weighted by Gasteiger charge is -2.14. The smallest absolute Gasteiger partial charge is 0.134 e. The molecule has 0 saturated heterocycles. The second kappa shape index (κ2) is 6.88. The van der Waals surface area contributed by atoms with E-state index < -0.39 is 6.10 Å². The maximum absolute atomic E-state index is 9.61. The number of fused-ring (bicyclic) bond motifs is 1. The van der Waals surface area contributed by atoms with Crippen molar-refractivity contribution in [3.8, 4) is 0 Å². The van der Waals surface area contributed by atoms with Gasteiger partial charge in [-0.2, -0.15) is 0 Å². The number of furan rings is 1. The Hall–Kier alpha value is -1.36. The summed E-state index contributed by atoms with van der Waals surface area (Å²) in [5, 5.41) is 14.2. The van der Waals surface area contributed by atoms with Gasteiger partial charge in [-0.15, -0.1) is 0 Å². The Kier molecular flexibility index (Phi) is 5.17. The van der Waals surface area contributed by atoms with Crippen molar-refractivity contribution in [2.45, 2.75) is 32.4 Å². The Morgan fingerprint density at radius 1 is 1.35 bits per heavy atom. The van der Waals surface area contributed by atoms with E-state index in [0.717, 1.165) is 23.3 Å². The van der Waals surface area contributed by atoms with Crippen LogP contribution in [0, 0.1) is 6.92 Å². The first kappa shape index (κ1) is 15.0. The third-order valence-electron chi connectivity index (χ3n) is 3.56. The molecule has 4 nitrogen and oxygen atoms in total. The van der Waals surface area contributed by atoms with Gasteiger partial charge in [0.2, 0.25) is 0 Å². The minimum absolute atomic E-state index is 0.122. The number of aliphatic hydroxyl groups is 1. The molecule has 0 spiro atoms. The van der Waals surface area contributed by atoms with Crippen LogP contribution in [0.1, 0.15) is 30.7 Å². The molecule has 20 heavy (non-hydrogen) atoms. The molecule has 110 valence electrons. The van der Waals surface area contributed by atoms with Crippen LogP contribution in [-0.4, -0.2) is 31.5 Å². The number of benzene rings is 1. The van der Waals surface area contributed by atoms with Crippen molar-refractivity contribution in [1.82, 2.24) is 5.32 Å². The van der Waals surface area contributed by atoms with Gasteiger partial charge >= 0.3 is 0 Å². The van der Waals surface area contributed by atoms with Crippen LogP contribution in [0.25, 0.3) is 11.0 Å². The lowest BCUT2D eigenvalue weighted by atomic mass is 10.1. The third kappa shape index (κ3) is 3.39. The first-order valence-corrected chi connectivity index (χ1v) is 7.02. The summed E-state index contributed by atoms with van der Waals surface area (Å²) in [5.41, 5.74) is 2.10. The summed E-state index contributed by atoms with van der Waals surface area (Å²) in [4.78, 5) is 0. The number of hydrogen-bond donors (Lipinski definition) is 2. The van der Waals surface area contributed by atoms with E-state index in [1.807, 2.05) is 18.2 Å². The van der Waals surface area contributed by atoms with Crippen molar-refractivity contribution >= 4 is 11.0 Å². The summed E-state index contributed by atoms with van der Waals surface area (Å²) >= 11 is 0. The summed E-state index contributed by atoms with van der Waals surface area (Å²) in [6, 6.07) is 8.19. The van der Waals surface area contributed by atoms with Crippen molar-refractivity contribution in [3.63, 3.8) is 0 Å². The summed E-state index contributed by atoms with van der Waals surface area (Å²) in [7, 11) is 1.59. The van der Waals surface area contributed by atoms with E-state index in [9.17, 15) is 5.11 Å². The summed E-state index contributed by atoms with van der Waals surface area (Å²) < 4.78 is 10.8. The average Bonchev–Trinajstić information content (AvgIpc) is 2.77. The van der Waals surface area contributed by atoms with E-state index in [1.54, 1.807) is 7.11 Å². The molecule has 1 aromatic carbocycles. The topological polar surface area (TPSA) is 54.6 Å². The van der Waals surface area contributed by atoms with E-state index in [2.05, 4.69) is 25.2 Å². The van der Waals surface area contributed by atoms with Crippen molar-refractivity contribution < 1.29 is 14.3 Å². The van der Waals surface area contributed by atoms with Crippen LogP contribution in [0.15, 0.2) is 28.7 Å². The van der Waals surface area contributed by atoms with Gasteiger partial charge in [-0.05, 0) is 38.4 Å². The second-order valence-corrected chi connectivity index (χ2v) is 5.16. The van der Waals surface area contributed by atoms with Gasteiger partial charge in [-0.1, -0.05) is 18.2 Å². The number of nitrogens with one attached hydrogen (secondary N) is 1. The SMILES string of the molecule is COCC(O)CCNC(C)c1oc2ccccc2c1C. The summed E-state index contributed by atoms with van der Waals surface area (Å²) in [6.07, 6.45) is 0.244. The summed E-state index contributed by atoms with van der Waals surface area (Å²) in [6.45, 7) is 5.26. The normalized spacial score (nSPS) is 14.6. The lowest BCUT2D eigenvalue weighted by Crippen LogP contribution is -2.25. The van der Waals surface area contributed by atoms with Crippen LogP contribution in [0.2, 0.25) is 0 Å². The van der Waals surface area contributed by atoms with Gasteiger partial charge in [-0.25, -0.2) is 0 Å². The Morgan fingerprint density at radius 2 is 2.10 bits per heavy atom. The zero-order valence-electron chi connectivity index (χ0n) is 12.3. The highest BCUT2D eigenvalue weighted by atomic mass is 16.5. The quantitative estimate of drug-likeness (QED) is 0.817. The van der Waals surface area contributed by atoms with E-state index in [0.29, 0.717) is 13.0 Å². The molecule has 1 heterocycles. The Labute approximate surface area is 119 Å². The second-order valence-electron chi connectivity index (χ2n) is 5.16. The number of aliphatic hydroxyl groups excluding tert-OH is 1. The predicted molar refractivity (Wildman–Crippen MR) is 79.9 cm³/mol. The lowest BCUT2D eigenvalue weighted by molar-refractivity contribution is 0.0589. The van der Waals surface area contributed by atoms with Crippen LogP contribution in [0.5, 0.6) is 0 Å². The summed E-state index contributed by atoms with van der Waals surface area (Å²) in [5.74, 6) is 0.965. The van der Waals surface area contributed by atoms with Crippen molar-refractivity contribution in [2.24, 2.45) is 0 Å². The molecule has 0 saturated carbocycles. The van der Waals surface area contributed by atoms with Gasteiger partial charge in [0.05, 0.1) is 18.8 Å². The maximum Gasteiger partial charge on any atom is 0.134 e. The van der Waals surface area contributed by atoms with Gasteiger partial charge in [0.15, 0.2) is 0 Å². The molecule has 0 fully saturated rings. The number of ether oxygens (including phenoxy) is 1. The van der Waals surface area contributed by atoms with Crippen molar-refractivity contribution in [1.29, 1.82) is 0 Å². The van der Waals surface area contributed by atoms with E-state index in [-0.39, 0.29) is 6.04 Å². The van der Waals surface area contributed by atoms with E-state index in [1.165, 1.54) is 5.56 Å². The molecule has 2 N–H and O–H groups in total. The molecule has 0 bridgehead atoms. The molecular weight excluding hydrogens is 254 g/mol. The van der Waals surface area contributed by atoms with Gasteiger partial charge in [0.1, 0.15) is 11.3 Å². The number of para-hydroxylation sites is 1. The minimum Gasteiger partial charge on any atom is -0.459 e. The molecule has 0 aliphatic heterocycles. The molecule has 1 aromatic heterocycles. The molecule has 2 aromatic rings. The van der Waals surface area contributed by atoms with Crippen LogP contribution >= 0.6 is 0 Å². The Balaban J connectivity index is 1.97. The number of rotatable bonds is 7. The molecule has 2 rings (SSSR count). The van der Waals surface area contributed by atoms with Crippen molar-refractivity contribution in [2.75, 3.05) is 20.3 Å². The fraction of sp³-hybridized carbons (Fsp3) is 0.500. The molecule has 0 aliphatic carbocycles. The first-order chi connectivity index (χ1) is 9.63. The predicted octanol–water partition coefficient (Wildman–Crippen LogP) is 2.79. The van der Waals surface area contributed by atoms with E-state index >= 15 is 0 Å². The molecule has 2 unspecified atom stereocenters. The minimum atomic E-state index is -0.420. The zero-order valence-corrected chi connectivity index (χ0v) is 12.3. The van der Waals surface area contributed by atoms with Gasteiger partial charge in [0, 0.05) is 12.5 Å². The molecule has 0 aliphatic rings. The highest BCUT2D eigenvalue weighted by molar-refractivity contribution is 5.82. The van der Waals surface area contributed by atoms with Crippen molar-refractivity contribution in [3.05, 3.63) is 35.6 Å². The average molecular weight is 277 g/mol. The van der Waals surface area contributed by atoms with Gasteiger partial charge < -0.3 is 19.6 Å². The van der Waals surface area contributed by atoms with Gasteiger partial charge in [-0.3, -0.25) is 0 Å². The fourth-order valence-corrected chi connectivity index (χ4v) is 2.44. The van der Waals surface area contributed by atoms with Crippen LogP contribution in [-0.2, 0) is 4.74 Å². The fourth-order valence-electron chi connectivity index (χ4n) is 2.44. The Morgan fingerprint density at radius 3 is 2.80 bits per heavy atom. The number of methoxy groups -OCH3 is 1. The third-order valence-corrected chi connectivity index (χ3v) is 3.56. The molecule has 2 atom stereocenters. The van der Waals surface area contributed by atoms with Gasteiger partial charge in [0.25, 0.3) is 0 Å². The monoisotopic (exact) mass is 277 g/mol. The number of aryl methyl sites for hydroxylation is 1. The van der Waals surface area contributed by atoms with E-state index in [4.69, 9.17) is 9.15 Å². The molecular formula is C16H23NO3. The highest BCUT2D eigenvalue weighted by Gasteiger charge is 2.16. The molecule has 0 radical (unpaired) electrons. The van der Waals surface area contributed by atoms with Crippen LogP contribution in [0.3, 0.4) is 0 Å². The maximum atomic E-state index is 9.61. The first-order valence-electron chi connectivity index (χ1n) is 7.02. The van der Waals surface area contributed by atoms with Crippen LogP contribution < -0.4 is 5.32 Å². The highest BCUT2D eigenvalue weighted by Crippen LogP contribution is 2.28. The van der Waals surface area contributed by atoms with Crippen LogP contribution in [0.4, 0.5) is 0 Å². The standard InChI is InChI=1S/C16H23NO3/c1-11-14-6-4-5-7-15(14)20-16(11)12(2)17-9-8-13(18)10-19-3/h4-7,12-13,17-18H,8-10H2,1-3H3. The zero-order chi connectivity index (χ0) is 14.5. The molecule has 0 amide bonds. The number of hydrogen-bond acceptors (Lipinski definition) is 4. The largest absolute Gasteiger partial charge is 0.459 e. The molecule has 4 heteroatoms. The Bertz CT molecular complexity index is 550.